The van der Waals surface area contributed by atoms with Crippen molar-refractivity contribution in [1.82, 2.24) is 4.98 Å². The molecule has 0 saturated carbocycles. The van der Waals surface area contributed by atoms with Crippen LogP contribution >= 0.6 is 0 Å². The Morgan fingerprint density at radius 3 is 2.47 bits per heavy atom. The Bertz CT molecular complexity index is 378. The summed E-state index contributed by atoms with van der Waals surface area (Å²) in [7, 11) is 1.39. The highest BCUT2D eigenvalue weighted by atomic mass is 16.5. The van der Waals surface area contributed by atoms with Crippen LogP contribution in [0.1, 0.15) is 42.4 Å². The first-order chi connectivity index (χ1) is 6.88. The van der Waals surface area contributed by atoms with Crippen molar-refractivity contribution in [2.45, 2.75) is 33.1 Å². The maximum Gasteiger partial charge on any atom is 0.340 e. The molecule has 15 heavy (non-hydrogen) atoms. The molecule has 0 N–H and O–H groups in total. The second-order valence-corrected chi connectivity index (χ2v) is 4.59. The Hall–Kier alpha value is -1.38. The van der Waals surface area contributed by atoms with Crippen molar-refractivity contribution in [2.75, 3.05) is 7.11 Å². The highest BCUT2D eigenvalue weighted by Gasteiger charge is 2.25. The molecule has 0 saturated heterocycles. The van der Waals surface area contributed by atoms with E-state index in [4.69, 9.17) is 4.74 Å². The summed E-state index contributed by atoms with van der Waals surface area (Å²) in [5.41, 5.74) is 2.12. The van der Waals surface area contributed by atoms with Crippen LogP contribution in [0.25, 0.3) is 0 Å². The van der Waals surface area contributed by atoms with Gasteiger partial charge in [-0.2, -0.15) is 0 Å². The fourth-order valence-electron chi connectivity index (χ4n) is 1.49. The predicted molar refractivity (Wildman–Crippen MR) is 59.0 cm³/mol. The molecule has 82 valence electrons. The Morgan fingerprint density at radius 1 is 1.40 bits per heavy atom. The monoisotopic (exact) mass is 207 g/mol. The van der Waals surface area contributed by atoms with Gasteiger partial charge in [0.25, 0.3) is 0 Å². The number of methoxy groups -OCH3 is 1. The number of aromatic nitrogens is 1. The molecule has 0 unspecified atom stereocenters. The molecule has 1 aromatic rings. The summed E-state index contributed by atoms with van der Waals surface area (Å²) in [6.45, 7) is 7.98. The van der Waals surface area contributed by atoms with Gasteiger partial charge in [-0.3, -0.25) is 4.98 Å². The van der Waals surface area contributed by atoms with Gasteiger partial charge in [0.2, 0.25) is 0 Å². The summed E-state index contributed by atoms with van der Waals surface area (Å²) in [6.07, 6.45) is 1.72. The fourth-order valence-corrected chi connectivity index (χ4v) is 1.49. The molecule has 0 atom stereocenters. The Kier molecular flexibility index (Phi) is 3.12. The van der Waals surface area contributed by atoms with E-state index >= 15 is 0 Å². The van der Waals surface area contributed by atoms with E-state index in [1.807, 2.05) is 33.8 Å². The minimum absolute atomic E-state index is 0.157. The van der Waals surface area contributed by atoms with Crippen LogP contribution in [0.3, 0.4) is 0 Å². The second-order valence-electron chi connectivity index (χ2n) is 4.59. The third kappa shape index (κ3) is 2.35. The number of esters is 1. The normalized spacial score (nSPS) is 11.3. The minimum Gasteiger partial charge on any atom is -0.465 e. The SMILES string of the molecule is COC(=O)c1c(C)ccnc1C(C)(C)C. The summed E-state index contributed by atoms with van der Waals surface area (Å²) in [6, 6.07) is 1.82. The molecule has 0 bridgehead atoms. The molecular weight excluding hydrogens is 190 g/mol. The van der Waals surface area contributed by atoms with Gasteiger partial charge in [0.05, 0.1) is 18.4 Å². The molecule has 0 aliphatic rings. The molecule has 0 aromatic carbocycles. The Balaban J connectivity index is 3.40. The van der Waals surface area contributed by atoms with Gasteiger partial charge in [-0.05, 0) is 18.6 Å². The number of rotatable bonds is 1. The van der Waals surface area contributed by atoms with E-state index in [-0.39, 0.29) is 11.4 Å². The molecule has 0 fully saturated rings. The lowest BCUT2D eigenvalue weighted by Gasteiger charge is -2.21. The van der Waals surface area contributed by atoms with Gasteiger partial charge in [0.1, 0.15) is 0 Å². The summed E-state index contributed by atoms with van der Waals surface area (Å²) in [4.78, 5) is 15.9. The predicted octanol–water partition coefficient (Wildman–Crippen LogP) is 2.47. The van der Waals surface area contributed by atoms with Gasteiger partial charge in [-0.25, -0.2) is 4.79 Å². The van der Waals surface area contributed by atoms with E-state index in [9.17, 15) is 4.79 Å². The van der Waals surface area contributed by atoms with Crippen molar-refractivity contribution in [1.29, 1.82) is 0 Å². The number of carbonyl (C=O) groups is 1. The van der Waals surface area contributed by atoms with Gasteiger partial charge >= 0.3 is 5.97 Å². The van der Waals surface area contributed by atoms with Gasteiger partial charge in [0.15, 0.2) is 0 Å². The van der Waals surface area contributed by atoms with Crippen LogP contribution in [0.4, 0.5) is 0 Å². The highest BCUT2D eigenvalue weighted by Crippen LogP contribution is 2.25. The van der Waals surface area contributed by atoms with Crippen LogP contribution in [0.5, 0.6) is 0 Å². The maximum absolute atomic E-state index is 11.6. The fraction of sp³-hybridized carbons (Fsp3) is 0.500. The van der Waals surface area contributed by atoms with Crippen LogP contribution in [-0.4, -0.2) is 18.1 Å². The summed E-state index contributed by atoms with van der Waals surface area (Å²) < 4.78 is 4.77. The molecule has 1 heterocycles. The topological polar surface area (TPSA) is 39.2 Å². The lowest BCUT2D eigenvalue weighted by Crippen LogP contribution is -2.20. The third-order valence-electron chi connectivity index (χ3n) is 2.26. The molecule has 1 rings (SSSR count). The van der Waals surface area contributed by atoms with Crippen molar-refractivity contribution in [3.63, 3.8) is 0 Å². The van der Waals surface area contributed by atoms with E-state index in [2.05, 4.69) is 4.98 Å². The number of hydrogen-bond donors (Lipinski definition) is 0. The van der Waals surface area contributed by atoms with Gasteiger partial charge < -0.3 is 4.74 Å². The molecule has 0 radical (unpaired) electrons. The molecule has 3 heteroatoms. The largest absolute Gasteiger partial charge is 0.465 e. The first kappa shape index (κ1) is 11.7. The molecule has 0 aliphatic heterocycles. The number of ether oxygens (including phenoxy) is 1. The molecule has 3 nitrogen and oxygen atoms in total. The number of hydrogen-bond acceptors (Lipinski definition) is 3. The van der Waals surface area contributed by atoms with Crippen molar-refractivity contribution < 1.29 is 9.53 Å². The molecule has 0 aliphatic carbocycles. The lowest BCUT2D eigenvalue weighted by molar-refractivity contribution is 0.0596. The van der Waals surface area contributed by atoms with Crippen LogP contribution in [0.2, 0.25) is 0 Å². The van der Waals surface area contributed by atoms with Gasteiger partial charge in [-0.1, -0.05) is 20.8 Å². The smallest absolute Gasteiger partial charge is 0.340 e. The zero-order valence-corrected chi connectivity index (χ0v) is 9.92. The first-order valence-electron chi connectivity index (χ1n) is 4.92. The van der Waals surface area contributed by atoms with Crippen molar-refractivity contribution in [2.24, 2.45) is 0 Å². The van der Waals surface area contributed by atoms with Crippen LogP contribution < -0.4 is 0 Å². The average molecular weight is 207 g/mol. The third-order valence-corrected chi connectivity index (χ3v) is 2.26. The maximum atomic E-state index is 11.6. The highest BCUT2D eigenvalue weighted by molar-refractivity contribution is 5.92. The van der Waals surface area contributed by atoms with Crippen LogP contribution in [-0.2, 0) is 10.2 Å². The van der Waals surface area contributed by atoms with Crippen LogP contribution in [0, 0.1) is 6.92 Å². The number of aryl methyl sites for hydroxylation is 1. The summed E-state index contributed by atoms with van der Waals surface area (Å²) >= 11 is 0. The molecular formula is C12H17NO2. The molecule has 0 spiro atoms. The lowest BCUT2D eigenvalue weighted by atomic mass is 9.87. The standard InChI is InChI=1S/C12H17NO2/c1-8-6-7-13-10(12(2,3)4)9(8)11(14)15-5/h6-7H,1-5H3. The second kappa shape index (κ2) is 4.01. The number of pyridine rings is 1. The zero-order chi connectivity index (χ0) is 11.6. The van der Waals surface area contributed by atoms with E-state index in [0.717, 1.165) is 11.3 Å². The quantitative estimate of drug-likeness (QED) is 0.664. The van der Waals surface area contributed by atoms with E-state index in [0.29, 0.717) is 5.56 Å². The first-order valence-corrected chi connectivity index (χ1v) is 4.92. The van der Waals surface area contributed by atoms with Crippen molar-refractivity contribution in [3.05, 3.63) is 29.1 Å². The summed E-state index contributed by atoms with van der Waals surface area (Å²) in [5.74, 6) is -0.314. The van der Waals surface area contributed by atoms with Crippen molar-refractivity contribution in [3.8, 4) is 0 Å². The summed E-state index contributed by atoms with van der Waals surface area (Å²) in [5, 5.41) is 0. The average Bonchev–Trinajstić information content (AvgIpc) is 2.15. The van der Waals surface area contributed by atoms with E-state index < -0.39 is 0 Å². The Labute approximate surface area is 90.5 Å². The number of carbonyl (C=O) groups excluding carboxylic acids is 1. The van der Waals surface area contributed by atoms with Crippen LogP contribution in [0.15, 0.2) is 12.3 Å². The van der Waals surface area contributed by atoms with Gasteiger partial charge in [-0.15, -0.1) is 0 Å². The molecule has 1 aromatic heterocycles. The zero-order valence-electron chi connectivity index (χ0n) is 9.92. The van der Waals surface area contributed by atoms with E-state index in [1.165, 1.54) is 7.11 Å². The molecule has 0 amide bonds. The van der Waals surface area contributed by atoms with Gasteiger partial charge in [0, 0.05) is 11.6 Å². The number of nitrogens with zero attached hydrogens (tertiary/aromatic N) is 1. The minimum atomic E-state index is -0.314. The van der Waals surface area contributed by atoms with E-state index in [1.54, 1.807) is 6.20 Å². The van der Waals surface area contributed by atoms with Crippen molar-refractivity contribution >= 4 is 5.97 Å². The Morgan fingerprint density at radius 2 is 2.00 bits per heavy atom.